The van der Waals surface area contributed by atoms with Gasteiger partial charge in [-0.2, -0.15) is 0 Å². The van der Waals surface area contributed by atoms with E-state index in [4.69, 9.17) is 11.6 Å². The number of benzene rings is 1. The average molecular weight is 288 g/mol. The van der Waals surface area contributed by atoms with Crippen LogP contribution in [0.1, 0.15) is 17.3 Å². The van der Waals surface area contributed by atoms with E-state index in [1.165, 1.54) is 5.56 Å². The highest BCUT2D eigenvalue weighted by Crippen LogP contribution is 2.25. The molecule has 0 spiro atoms. The molecule has 1 fully saturated rings. The van der Waals surface area contributed by atoms with Crippen LogP contribution in [0.2, 0.25) is 5.02 Å². The van der Waals surface area contributed by atoms with E-state index in [-0.39, 0.29) is 0 Å². The van der Waals surface area contributed by atoms with Crippen molar-refractivity contribution in [3.8, 4) is 0 Å². The van der Waals surface area contributed by atoms with Crippen LogP contribution in [0.15, 0.2) is 48.7 Å². The Bertz CT molecular complexity index is 559. The number of rotatable bonds is 3. The van der Waals surface area contributed by atoms with Crippen molar-refractivity contribution in [2.24, 2.45) is 0 Å². The number of aromatic nitrogens is 1. The van der Waals surface area contributed by atoms with Crippen LogP contribution < -0.4 is 5.32 Å². The second kappa shape index (κ2) is 6.35. The molecule has 2 aromatic rings. The zero-order chi connectivity index (χ0) is 13.8. The van der Waals surface area contributed by atoms with Gasteiger partial charge >= 0.3 is 0 Å². The van der Waals surface area contributed by atoms with Crippen LogP contribution >= 0.6 is 11.6 Å². The lowest BCUT2D eigenvalue weighted by atomic mass is 10.0. The van der Waals surface area contributed by atoms with E-state index in [0.29, 0.717) is 6.04 Å². The van der Waals surface area contributed by atoms with Crippen LogP contribution in [0.5, 0.6) is 0 Å². The molecule has 3 rings (SSSR count). The lowest BCUT2D eigenvalue weighted by molar-refractivity contribution is 0.152. The lowest BCUT2D eigenvalue weighted by Gasteiger charge is -2.36. The zero-order valence-electron chi connectivity index (χ0n) is 11.3. The number of hydrogen-bond donors (Lipinski definition) is 1. The fourth-order valence-corrected chi connectivity index (χ4v) is 2.88. The van der Waals surface area contributed by atoms with Gasteiger partial charge in [0, 0.05) is 43.4 Å². The standard InChI is InChI=1S/C16H18ClN3/c17-14-5-3-4-13(10-14)16-11-18-8-9-20(16)12-15-6-1-2-7-19-15/h1-7,10,16,18H,8-9,11-12H2. The molecule has 1 aromatic heterocycles. The first-order valence-electron chi connectivity index (χ1n) is 6.93. The molecule has 2 heterocycles. The van der Waals surface area contributed by atoms with E-state index in [9.17, 15) is 0 Å². The van der Waals surface area contributed by atoms with Crippen LogP contribution in [-0.4, -0.2) is 29.5 Å². The molecule has 1 aliphatic heterocycles. The van der Waals surface area contributed by atoms with Crippen molar-refractivity contribution in [1.82, 2.24) is 15.2 Å². The van der Waals surface area contributed by atoms with Gasteiger partial charge in [-0.15, -0.1) is 0 Å². The molecule has 4 heteroatoms. The van der Waals surface area contributed by atoms with Crippen LogP contribution in [0.3, 0.4) is 0 Å². The van der Waals surface area contributed by atoms with E-state index in [0.717, 1.165) is 36.9 Å². The van der Waals surface area contributed by atoms with Crippen LogP contribution in [0, 0.1) is 0 Å². The Morgan fingerprint density at radius 3 is 3.00 bits per heavy atom. The summed E-state index contributed by atoms with van der Waals surface area (Å²) in [5, 5.41) is 4.26. The van der Waals surface area contributed by atoms with Gasteiger partial charge in [-0.1, -0.05) is 29.8 Å². The highest BCUT2D eigenvalue weighted by Gasteiger charge is 2.24. The molecular formula is C16H18ClN3. The van der Waals surface area contributed by atoms with Crippen molar-refractivity contribution in [3.05, 3.63) is 64.9 Å². The summed E-state index contributed by atoms with van der Waals surface area (Å²) in [6.45, 7) is 3.87. The van der Waals surface area contributed by atoms with Gasteiger partial charge in [-0.25, -0.2) is 0 Å². The van der Waals surface area contributed by atoms with Gasteiger partial charge in [0.1, 0.15) is 0 Å². The Labute approximate surface area is 124 Å². The van der Waals surface area contributed by atoms with E-state index >= 15 is 0 Å². The average Bonchev–Trinajstić information content (AvgIpc) is 2.49. The molecule has 0 amide bonds. The van der Waals surface area contributed by atoms with Gasteiger partial charge in [-0.05, 0) is 29.8 Å². The first-order valence-corrected chi connectivity index (χ1v) is 7.31. The zero-order valence-corrected chi connectivity index (χ0v) is 12.1. The molecule has 104 valence electrons. The molecule has 0 bridgehead atoms. The number of pyridine rings is 1. The van der Waals surface area contributed by atoms with Crippen LogP contribution in [0.4, 0.5) is 0 Å². The Balaban J connectivity index is 1.80. The van der Waals surface area contributed by atoms with Crippen molar-refractivity contribution < 1.29 is 0 Å². The maximum absolute atomic E-state index is 6.12. The molecular weight excluding hydrogens is 270 g/mol. The highest BCUT2D eigenvalue weighted by atomic mass is 35.5. The van der Waals surface area contributed by atoms with E-state index < -0.39 is 0 Å². The number of hydrogen-bond acceptors (Lipinski definition) is 3. The van der Waals surface area contributed by atoms with E-state index in [1.807, 2.05) is 30.5 Å². The normalized spacial score (nSPS) is 19.9. The Morgan fingerprint density at radius 1 is 1.25 bits per heavy atom. The smallest absolute Gasteiger partial charge is 0.0544 e. The van der Waals surface area contributed by atoms with Gasteiger partial charge < -0.3 is 5.32 Å². The van der Waals surface area contributed by atoms with Crippen LogP contribution in [-0.2, 0) is 6.54 Å². The van der Waals surface area contributed by atoms with Gasteiger partial charge in [0.25, 0.3) is 0 Å². The summed E-state index contributed by atoms with van der Waals surface area (Å²) < 4.78 is 0. The van der Waals surface area contributed by atoms with Gasteiger partial charge in [0.2, 0.25) is 0 Å². The van der Waals surface area contributed by atoms with E-state index in [1.54, 1.807) is 0 Å². The third-order valence-corrected chi connectivity index (χ3v) is 3.91. The summed E-state index contributed by atoms with van der Waals surface area (Å²) in [5.41, 5.74) is 2.38. The highest BCUT2D eigenvalue weighted by molar-refractivity contribution is 6.30. The number of piperazine rings is 1. The van der Waals surface area contributed by atoms with Gasteiger partial charge in [0.05, 0.1) is 5.69 Å². The quantitative estimate of drug-likeness (QED) is 0.941. The third kappa shape index (κ3) is 3.18. The molecule has 3 nitrogen and oxygen atoms in total. The molecule has 0 saturated carbocycles. The second-order valence-corrected chi connectivity index (χ2v) is 5.50. The maximum Gasteiger partial charge on any atom is 0.0544 e. The summed E-state index contributed by atoms with van der Waals surface area (Å²) in [4.78, 5) is 6.89. The number of nitrogens with zero attached hydrogens (tertiary/aromatic N) is 2. The molecule has 1 N–H and O–H groups in total. The fraction of sp³-hybridized carbons (Fsp3) is 0.312. The predicted molar refractivity (Wildman–Crippen MR) is 81.7 cm³/mol. The molecule has 1 saturated heterocycles. The van der Waals surface area contributed by atoms with Crippen LogP contribution in [0.25, 0.3) is 0 Å². The summed E-state index contributed by atoms with van der Waals surface area (Å²) in [7, 11) is 0. The molecule has 1 atom stereocenters. The van der Waals surface area contributed by atoms with Crippen molar-refractivity contribution in [1.29, 1.82) is 0 Å². The Morgan fingerprint density at radius 2 is 2.20 bits per heavy atom. The van der Waals surface area contributed by atoms with Crippen molar-refractivity contribution in [2.45, 2.75) is 12.6 Å². The number of nitrogens with one attached hydrogen (secondary N) is 1. The van der Waals surface area contributed by atoms with Crippen molar-refractivity contribution in [3.63, 3.8) is 0 Å². The lowest BCUT2D eigenvalue weighted by Crippen LogP contribution is -2.45. The molecule has 0 radical (unpaired) electrons. The number of halogens is 1. The Kier molecular flexibility index (Phi) is 4.31. The van der Waals surface area contributed by atoms with Gasteiger partial charge in [0.15, 0.2) is 0 Å². The summed E-state index contributed by atoms with van der Waals surface area (Å²) in [6, 6.07) is 14.6. The third-order valence-electron chi connectivity index (χ3n) is 3.68. The second-order valence-electron chi connectivity index (χ2n) is 5.07. The summed E-state index contributed by atoms with van der Waals surface area (Å²) in [5.74, 6) is 0. The molecule has 20 heavy (non-hydrogen) atoms. The molecule has 1 unspecified atom stereocenters. The van der Waals surface area contributed by atoms with Gasteiger partial charge in [-0.3, -0.25) is 9.88 Å². The van der Waals surface area contributed by atoms with E-state index in [2.05, 4.69) is 33.4 Å². The Hall–Kier alpha value is -1.42. The first kappa shape index (κ1) is 13.6. The minimum absolute atomic E-state index is 0.351. The largest absolute Gasteiger partial charge is 0.314 e. The minimum atomic E-state index is 0.351. The SMILES string of the molecule is Clc1cccc(C2CNCCN2Cc2ccccn2)c1. The minimum Gasteiger partial charge on any atom is -0.314 e. The summed E-state index contributed by atoms with van der Waals surface area (Å²) >= 11 is 6.12. The summed E-state index contributed by atoms with van der Waals surface area (Å²) in [6.07, 6.45) is 1.85. The molecule has 1 aromatic carbocycles. The fourth-order valence-electron chi connectivity index (χ4n) is 2.68. The first-order chi connectivity index (χ1) is 9.83. The van der Waals surface area contributed by atoms with Crippen molar-refractivity contribution >= 4 is 11.6 Å². The topological polar surface area (TPSA) is 28.2 Å². The molecule has 1 aliphatic rings. The predicted octanol–water partition coefficient (Wildman–Crippen LogP) is 2.88. The maximum atomic E-state index is 6.12. The van der Waals surface area contributed by atoms with Crippen molar-refractivity contribution in [2.75, 3.05) is 19.6 Å². The monoisotopic (exact) mass is 287 g/mol. The molecule has 0 aliphatic carbocycles.